The first-order valence-electron chi connectivity index (χ1n) is 3.30. The monoisotopic (exact) mass is 163 g/mol. The van der Waals surface area contributed by atoms with Crippen molar-refractivity contribution in [2.75, 3.05) is 12.6 Å². The van der Waals surface area contributed by atoms with E-state index in [1.54, 1.807) is 0 Å². The molecule has 10 heavy (non-hydrogen) atoms. The second-order valence-electron chi connectivity index (χ2n) is 2.22. The molecular formula is C6H10ClNO2. The highest BCUT2D eigenvalue weighted by atomic mass is 35.5. The van der Waals surface area contributed by atoms with Crippen molar-refractivity contribution in [3.63, 3.8) is 0 Å². The summed E-state index contributed by atoms with van der Waals surface area (Å²) in [6.07, 6.45) is 1.91. The molecule has 0 aromatic rings. The summed E-state index contributed by atoms with van der Waals surface area (Å²) in [5.41, 5.74) is 0. The molecule has 0 aromatic heterocycles. The van der Waals surface area contributed by atoms with Crippen molar-refractivity contribution in [1.82, 2.24) is 5.32 Å². The fourth-order valence-electron chi connectivity index (χ4n) is 1.04. The van der Waals surface area contributed by atoms with Gasteiger partial charge in [-0.3, -0.25) is 4.79 Å². The topological polar surface area (TPSA) is 38.3 Å². The van der Waals surface area contributed by atoms with Crippen molar-refractivity contribution >= 4 is 17.6 Å². The normalized spacial score (nSPS) is 24.7. The number of alkyl halides is 1. The van der Waals surface area contributed by atoms with Gasteiger partial charge in [-0.2, -0.15) is 0 Å². The number of halogens is 1. The molecule has 0 aromatic carbocycles. The lowest BCUT2D eigenvalue weighted by Crippen LogP contribution is -2.32. The van der Waals surface area contributed by atoms with Crippen LogP contribution in [0.5, 0.6) is 0 Å². The van der Waals surface area contributed by atoms with E-state index in [0.29, 0.717) is 0 Å². The van der Waals surface area contributed by atoms with Gasteiger partial charge < -0.3 is 10.1 Å². The van der Waals surface area contributed by atoms with Gasteiger partial charge in [-0.1, -0.05) is 11.6 Å². The third-order valence-corrected chi connectivity index (χ3v) is 1.65. The summed E-state index contributed by atoms with van der Waals surface area (Å²) in [6, 6.07) is -0.157. The van der Waals surface area contributed by atoms with Crippen molar-refractivity contribution in [3.8, 4) is 0 Å². The van der Waals surface area contributed by atoms with Gasteiger partial charge in [0.15, 0.2) is 6.07 Å². The molecule has 0 radical (unpaired) electrons. The third kappa shape index (κ3) is 1.85. The predicted octanol–water partition coefficient (Wildman–Crippen LogP) is 0.478. The van der Waals surface area contributed by atoms with E-state index in [0.717, 1.165) is 19.4 Å². The molecule has 1 saturated heterocycles. The second kappa shape index (κ2) is 3.78. The maximum Gasteiger partial charge on any atom is 0.324 e. The van der Waals surface area contributed by atoms with Gasteiger partial charge in [-0.25, -0.2) is 0 Å². The number of ether oxygens (including phenoxy) is 1. The molecule has 0 unspecified atom stereocenters. The number of esters is 1. The summed E-state index contributed by atoms with van der Waals surface area (Å²) in [5, 5.41) is 3.01. The highest BCUT2D eigenvalue weighted by molar-refractivity contribution is 6.17. The molecule has 0 saturated carbocycles. The van der Waals surface area contributed by atoms with Gasteiger partial charge >= 0.3 is 5.97 Å². The smallest absolute Gasteiger partial charge is 0.324 e. The predicted molar refractivity (Wildman–Crippen MR) is 37.8 cm³/mol. The molecule has 1 fully saturated rings. The molecule has 4 heteroatoms. The summed E-state index contributed by atoms with van der Waals surface area (Å²) in [7, 11) is 0. The van der Waals surface area contributed by atoms with Crippen molar-refractivity contribution < 1.29 is 9.53 Å². The van der Waals surface area contributed by atoms with Gasteiger partial charge in [0, 0.05) is 0 Å². The van der Waals surface area contributed by atoms with Crippen molar-refractivity contribution in [3.05, 3.63) is 0 Å². The van der Waals surface area contributed by atoms with Crippen molar-refractivity contribution in [2.45, 2.75) is 18.9 Å². The Kier molecular flexibility index (Phi) is 2.96. The van der Waals surface area contributed by atoms with Crippen LogP contribution in [0.15, 0.2) is 0 Å². The molecular weight excluding hydrogens is 154 g/mol. The van der Waals surface area contributed by atoms with Crippen molar-refractivity contribution in [1.29, 1.82) is 0 Å². The average molecular weight is 164 g/mol. The van der Waals surface area contributed by atoms with E-state index in [9.17, 15) is 4.79 Å². The van der Waals surface area contributed by atoms with E-state index in [1.807, 2.05) is 0 Å². The Morgan fingerprint density at radius 3 is 3.10 bits per heavy atom. The van der Waals surface area contributed by atoms with Crippen LogP contribution in [0.4, 0.5) is 0 Å². The van der Waals surface area contributed by atoms with Crippen LogP contribution in [0.2, 0.25) is 0 Å². The van der Waals surface area contributed by atoms with E-state index in [-0.39, 0.29) is 18.1 Å². The Morgan fingerprint density at radius 2 is 2.60 bits per heavy atom. The van der Waals surface area contributed by atoms with Crippen LogP contribution in [0, 0.1) is 0 Å². The minimum Gasteiger partial charge on any atom is -0.448 e. The number of hydrogen-bond acceptors (Lipinski definition) is 3. The first kappa shape index (κ1) is 7.82. The first-order chi connectivity index (χ1) is 4.84. The van der Waals surface area contributed by atoms with Crippen LogP contribution in [0.3, 0.4) is 0 Å². The lowest BCUT2D eigenvalue weighted by Gasteiger charge is -2.06. The minimum absolute atomic E-state index is 0.0446. The lowest BCUT2D eigenvalue weighted by molar-refractivity contribution is -0.143. The molecule has 3 nitrogen and oxygen atoms in total. The fourth-order valence-corrected chi connectivity index (χ4v) is 1.15. The van der Waals surface area contributed by atoms with Gasteiger partial charge in [0.1, 0.15) is 6.04 Å². The Hall–Kier alpha value is -0.280. The summed E-state index contributed by atoms with van der Waals surface area (Å²) in [5.74, 6) is -0.229. The van der Waals surface area contributed by atoms with E-state index >= 15 is 0 Å². The number of hydrogen-bond donors (Lipinski definition) is 1. The maximum absolute atomic E-state index is 10.9. The highest BCUT2D eigenvalue weighted by Crippen LogP contribution is 2.06. The number of carbonyl (C=O) groups excluding carboxylic acids is 1. The van der Waals surface area contributed by atoms with Crippen LogP contribution in [0.1, 0.15) is 12.8 Å². The van der Waals surface area contributed by atoms with Gasteiger partial charge in [0.2, 0.25) is 0 Å². The molecule has 0 spiro atoms. The largest absolute Gasteiger partial charge is 0.448 e. The molecule has 1 aliphatic rings. The number of carbonyl (C=O) groups is 1. The van der Waals surface area contributed by atoms with Gasteiger partial charge in [0.25, 0.3) is 0 Å². The zero-order chi connectivity index (χ0) is 7.40. The van der Waals surface area contributed by atoms with Crippen LogP contribution in [-0.2, 0) is 9.53 Å². The average Bonchev–Trinajstić information content (AvgIpc) is 2.38. The highest BCUT2D eigenvalue weighted by Gasteiger charge is 2.22. The molecule has 0 amide bonds. The Balaban J connectivity index is 2.25. The summed E-state index contributed by atoms with van der Waals surface area (Å²) < 4.78 is 4.59. The molecule has 58 valence electrons. The van der Waals surface area contributed by atoms with E-state index in [2.05, 4.69) is 10.1 Å². The second-order valence-corrected chi connectivity index (χ2v) is 2.44. The van der Waals surface area contributed by atoms with Gasteiger partial charge in [0.05, 0.1) is 0 Å². The Morgan fingerprint density at radius 1 is 1.80 bits per heavy atom. The van der Waals surface area contributed by atoms with Crippen LogP contribution in [0.25, 0.3) is 0 Å². The number of nitrogens with one attached hydrogen (secondary N) is 1. The maximum atomic E-state index is 10.9. The minimum atomic E-state index is -0.229. The fraction of sp³-hybridized carbons (Fsp3) is 0.833. The van der Waals surface area contributed by atoms with Gasteiger partial charge in [-0.15, -0.1) is 0 Å². The first-order valence-corrected chi connectivity index (χ1v) is 3.84. The van der Waals surface area contributed by atoms with Crippen LogP contribution in [-0.4, -0.2) is 24.6 Å². The third-order valence-electron chi connectivity index (χ3n) is 1.54. The van der Waals surface area contributed by atoms with Gasteiger partial charge in [-0.05, 0) is 19.4 Å². The molecule has 1 heterocycles. The quantitative estimate of drug-likeness (QED) is 0.475. The standard InChI is InChI=1S/C6H10ClNO2/c7-4-10-6(9)5-2-1-3-8-5/h5,8H,1-4H2/t5-/m0/s1. The van der Waals surface area contributed by atoms with E-state index < -0.39 is 0 Å². The zero-order valence-corrected chi connectivity index (χ0v) is 6.36. The number of rotatable bonds is 2. The van der Waals surface area contributed by atoms with E-state index in [1.165, 1.54) is 0 Å². The summed E-state index contributed by atoms with van der Waals surface area (Å²) in [6.45, 7) is 0.905. The SMILES string of the molecule is O=C(OCCl)[C@@H]1CCCN1. The molecule has 0 aliphatic carbocycles. The molecule has 0 bridgehead atoms. The Bertz CT molecular complexity index is 123. The molecule has 1 N–H and O–H groups in total. The molecule has 1 atom stereocenters. The van der Waals surface area contributed by atoms with E-state index in [4.69, 9.17) is 11.6 Å². The Labute approximate surface area is 64.7 Å². The molecule has 1 aliphatic heterocycles. The summed E-state index contributed by atoms with van der Waals surface area (Å²) in [4.78, 5) is 10.9. The zero-order valence-electron chi connectivity index (χ0n) is 5.60. The summed E-state index contributed by atoms with van der Waals surface area (Å²) >= 11 is 5.20. The van der Waals surface area contributed by atoms with Crippen LogP contribution >= 0.6 is 11.6 Å². The van der Waals surface area contributed by atoms with Crippen LogP contribution < -0.4 is 5.32 Å². The lowest BCUT2D eigenvalue weighted by atomic mass is 10.2. The van der Waals surface area contributed by atoms with Crippen molar-refractivity contribution in [2.24, 2.45) is 0 Å². The molecule has 1 rings (SSSR count).